The van der Waals surface area contributed by atoms with Crippen LogP contribution in [0.4, 0.5) is 13.2 Å². The first kappa shape index (κ1) is 12.5. The van der Waals surface area contributed by atoms with Crippen LogP contribution in [0.5, 0.6) is 5.75 Å². The van der Waals surface area contributed by atoms with Crippen LogP contribution >= 0.6 is 0 Å². The van der Waals surface area contributed by atoms with Crippen molar-refractivity contribution in [1.82, 2.24) is 14.6 Å². The molecule has 0 spiro atoms. The highest BCUT2D eigenvalue weighted by Gasteiger charge is 2.30. The summed E-state index contributed by atoms with van der Waals surface area (Å²) < 4.78 is 39.5. The lowest BCUT2D eigenvalue weighted by Gasteiger charge is -2.07. The van der Waals surface area contributed by atoms with Gasteiger partial charge in [0, 0.05) is 5.56 Å². The smallest absolute Gasteiger partial charge is 0.416 e. The molecule has 0 amide bonds. The number of aromatic nitrogens is 3. The lowest BCUT2D eigenvalue weighted by molar-refractivity contribution is -0.137. The second kappa shape index (κ2) is 4.22. The van der Waals surface area contributed by atoms with Gasteiger partial charge in [-0.15, -0.1) is 10.2 Å². The average Bonchev–Trinajstić information content (AvgIpc) is 2.81. The molecular weight excluding hydrogens is 271 g/mol. The maximum absolute atomic E-state index is 12.7. The Bertz CT molecular complexity index is 780. The molecule has 102 valence electrons. The van der Waals surface area contributed by atoms with Crippen LogP contribution in [-0.2, 0) is 6.18 Å². The first-order valence-corrected chi connectivity index (χ1v) is 5.66. The number of pyridine rings is 1. The number of alkyl halides is 3. The summed E-state index contributed by atoms with van der Waals surface area (Å²) in [5, 5.41) is 17.2. The molecule has 20 heavy (non-hydrogen) atoms. The molecule has 0 bridgehead atoms. The molecule has 2 heterocycles. The lowest BCUT2D eigenvalue weighted by atomic mass is 10.1. The molecule has 0 aliphatic heterocycles. The van der Waals surface area contributed by atoms with E-state index in [0.717, 1.165) is 12.1 Å². The third-order valence-corrected chi connectivity index (χ3v) is 2.83. The molecule has 3 aromatic rings. The van der Waals surface area contributed by atoms with E-state index in [2.05, 4.69) is 10.2 Å². The number of benzene rings is 1. The van der Waals surface area contributed by atoms with Gasteiger partial charge in [0.2, 0.25) is 0 Å². The van der Waals surface area contributed by atoms with Gasteiger partial charge in [0.25, 0.3) is 0 Å². The van der Waals surface area contributed by atoms with Crippen molar-refractivity contribution in [3.05, 3.63) is 48.2 Å². The molecule has 0 unspecified atom stereocenters. The van der Waals surface area contributed by atoms with Crippen molar-refractivity contribution >= 4 is 5.65 Å². The summed E-state index contributed by atoms with van der Waals surface area (Å²) in [6, 6.07) is 7.77. The fraction of sp³-hybridized carbons (Fsp3) is 0.0769. The Kier molecular flexibility index (Phi) is 2.63. The molecule has 0 aliphatic carbocycles. The van der Waals surface area contributed by atoms with E-state index in [0.29, 0.717) is 5.65 Å². The highest BCUT2D eigenvalue weighted by molar-refractivity contribution is 5.61. The monoisotopic (exact) mass is 279 g/mol. The van der Waals surface area contributed by atoms with Crippen molar-refractivity contribution < 1.29 is 18.3 Å². The largest absolute Gasteiger partial charge is 0.506 e. The number of fused-ring (bicyclic) bond motifs is 1. The van der Waals surface area contributed by atoms with Crippen molar-refractivity contribution in [1.29, 1.82) is 0 Å². The molecule has 1 aromatic carbocycles. The van der Waals surface area contributed by atoms with Crippen LogP contribution < -0.4 is 0 Å². The van der Waals surface area contributed by atoms with Gasteiger partial charge in [-0.2, -0.15) is 13.2 Å². The summed E-state index contributed by atoms with van der Waals surface area (Å²) in [5.41, 5.74) is -0.0416. The first-order chi connectivity index (χ1) is 9.45. The third-order valence-electron chi connectivity index (χ3n) is 2.83. The van der Waals surface area contributed by atoms with Gasteiger partial charge >= 0.3 is 6.18 Å². The van der Waals surface area contributed by atoms with Gasteiger partial charge in [-0.05, 0) is 24.3 Å². The molecule has 7 heteroatoms. The fourth-order valence-electron chi connectivity index (χ4n) is 1.91. The third kappa shape index (κ3) is 2.07. The molecule has 2 aromatic heterocycles. The summed E-state index contributed by atoms with van der Waals surface area (Å²) in [7, 11) is 0. The Morgan fingerprint density at radius 3 is 2.60 bits per heavy atom. The summed E-state index contributed by atoms with van der Waals surface area (Å²) in [5.74, 6) is 0.215. The van der Waals surface area contributed by atoms with E-state index in [4.69, 9.17) is 0 Å². The molecule has 0 atom stereocenters. The van der Waals surface area contributed by atoms with Crippen molar-refractivity contribution in [2.75, 3.05) is 0 Å². The predicted octanol–water partition coefficient (Wildman–Crippen LogP) is 3.12. The SMILES string of the molecule is Oc1ccc2nnc(-c3cccc(C(F)(F)F)c3)n2c1. The quantitative estimate of drug-likeness (QED) is 0.744. The Labute approximate surface area is 111 Å². The summed E-state index contributed by atoms with van der Waals surface area (Å²) in [4.78, 5) is 0. The first-order valence-electron chi connectivity index (χ1n) is 5.66. The van der Waals surface area contributed by atoms with E-state index in [1.807, 2.05) is 0 Å². The van der Waals surface area contributed by atoms with Crippen molar-refractivity contribution in [2.24, 2.45) is 0 Å². The second-order valence-corrected chi connectivity index (χ2v) is 4.22. The van der Waals surface area contributed by atoms with Crippen molar-refractivity contribution in [3.8, 4) is 17.1 Å². The fourth-order valence-corrected chi connectivity index (χ4v) is 1.91. The van der Waals surface area contributed by atoms with Crippen LogP contribution in [0.15, 0.2) is 42.6 Å². The molecule has 0 saturated carbocycles. The normalized spacial score (nSPS) is 11.9. The maximum Gasteiger partial charge on any atom is 0.416 e. The van der Waals surface area contributed by atoms with Crippen LogP contribution in [0.1, 0.15) is 5.56 Å². The zero-order valence-corrected chi connectivity index (χ0v) is 9.96. The Hall–Kier alpha value is -2.57. The van der Waals surface area contributed by atoms with Gasteiger partial charge in [0.15, 0.2) is 11.5 Å². The zero-order chi connectivity index (χ0) is 14.3. The van der Waals surface area contributed by atoms with E-state index in [1.165, 1.54) is 34.9 Å². The molecule has 4 nitrogen and oxygen atoms in total. The van der Waals surface area contributed by atoms with E-state index < -0.39 is 11.7 Å². The topological polar surface area (TPSA) is 50.4 Å². The Morgan fingerprint density at radius 1 is 1.05 bits per heavy atom. The molecular formula is C13H8F3N3O. The number of aromatic hydroxyl groups is 1. The minimum Gasteiger partial charge on any atom is -0.506 e. The Morgan fingerprint density at radius 2 is 1.85 bits per heavy atom. The van der Waals surface area contributed by atoms with Crippen molar-refractivity contribution in [2.45, 2.75) is 6.18 Å². The van der Waals surface area contributed by atoms with Gasteiger partial charge in [-0.1, -0.05) is 12.1 Å². The zero-order valence-electron chi connectivity index (χ0n) is 9.96. The maximum atomic E-state index is 12.7. The van der Waals surface area contributed by atoms with Crippen LogP contribution in [0, 0.1) is 0 Å². The van der Waals surface area contributed by atoms with Crippen LogP contribution in [0.3, 0.4) is 0 Å². The van der Waals surface area contributed by atoms with E-state index in [9.17, 15) is 18.3 Å². The molecule has 1 N–H and O–H groups in total. The van der Waals surface area contributed by atoms with Crippen LogP contribution in [0.2, 0.25) is 0 Å². The van der Waals surface area contributed by atoms with E-state index in [-0.39, 0.29) is 17.1 Å². The average molecular weight is 279 g/mol. The summed E-state index contributed by atoms with van der Waals surface area (Å²) in [6.45, 7) is 0. The van der Waals surface area contributed by atoms with Gasteiger partial charge in [0.05, 0.1) is 11.8 Å². The van der Waals surface area contributed by atoms with Crippen LogP contribution in [-0.4, -0.2) is 19.7 Å². The molecule has 0 saturated heterocycles. The molecule has 0 radical (unpaired) electrons. The molecule has 3 rings (SSSR count). The highest BCUT2D eigenvalue weighted by atomic mass is 19.4. The van der Waals surface area contributed by atoms with Gasteiger partial charge in [-0.3, -0.25) is 4.40 Å². The minimum atomic E-state index is -4.42. The number of halogens is 3. The number of hydrogen-bond donors (Lipinski definition) is 1. The van der Waals surface area contributed by atoms with Gasteiger partial charge in [-0.25, -0.2) is 0 Å². The molecule has 0 aliphatic rings. The lowest BCUT2D eigenvalue weighted by Crippen LogP contribution is -2.04. The number of rotatable bonds is 1. The molecule has 0 fully saturated rings. The highest BCUT2D eigenvalue weighted by Crippen LogP contribution is 2.31. The van der Waals surface area contributed by atoms with Gasteiger partial charge in [0.1, 0.15) is 5.75 Å². The Balaban J connectivity index is 2.18. The van der Waals surface area contributed by atoms with E-state index in [1.54, 1.807) is 0 Å². The minimum absolute atomic E-state index is 0.0227. The van der Waals surface area contributed by atoms with Crippen molar-refractivity contribution in [3.63, 3.8) is 0 Å². The van der Waals surface area contributed by atoms with Crippen LogP contribution in [0.25, 0.3) is 17.0 Å². The summed E-state index contributed by atoms with van der Waals surface area (Å²) in [6.07, 6.45) is -3.07. The standard InChI is InChI=1S/C13H8F3N3O/c14-13(15,16)9-3-1-2-8(6-9)12-18-17-11-5-4-10(20)7-19(11)12/h1-7,20H. The number of hydrogen-bond acceptors (Lipinski definition) is 3. The predicted molar refractivity (Wildman–Crippen MR) is 65.1 cm³/mol. The van der Waals surface area contributed by atoms with Gasteiger partial charge < -0.3 is 5.11 Å². The number of nitrogens with zero attached hydrogens (tertiary/aromatic N) is 3. The second-order valence-electron chi connectivity index (χ2n) is 4.22. The summed E-state index contributed by atoms with van der Waals surface area (Å²) >= 11 is 0. The van der Waals surface area contributed by atoms with E-state index >= 15 is 0 Å².